The van der Waals surface area contributed by atoms with Gasteiger partial charge in [-0.3, -0.25) is 14.9 Å². The van der Waals surface area contributed by atoms with E-state index in [0.717, 1.165) is 17.7 Å². The predicted molar refractivity (Wildman–Crippen MR) is 75.2 cm³/mol. The molecule has 108 valence electrons. The first-order chi connectivity index (χ1) is 9.38. The summed E-state index contributed by atoms with van der Waals surface area (Å²) in [5.41, 5.74) is 1.32. The van der Waals surface area contributed by atoms with Gasteiger partial charge in [-0.2, -0.15) is 0 Å². The fraction of sp³-hybridized carbons (Fsp3) is 0.462. The van der Waals surface area contributed by atoms with Gasteiger partial charge >= 0.3 is 5.97 Å². The first-order valence-electron chi connectivity index (χ1n) is 6.32. The number of carboxylic acids is 1. The summed E-state index contributed by atoms with van der Waals surface area (Å²) in [5.74, 6) is -1.09. The van der Waals surface area contributed by atoms with Crippen LogP contribution in [0.3, 0.4) is 0 Å². The van der Waals surface area contributed by atoms with Crippen molar-refractivity contribution in [3.8, 4) is 0 Å². The van der Waals surface area contributed by atoms with E-state index in [1.165, 1.54) is 12.1 Å². The van der Waals surface area contributed by atoms with Crippen molar-refractivity contribution >= 4 is 28.9 Å². The van der Waals surface area contributed by atoms with Gasteiger partial charge in [0.2, 0.25) is 0 Å². The highest BCUT2D eigenvalue weighted by molar-refractivity contribution is 6.33. The van der Waals surface area contributed by atoms with Gasteiger partial charge in [-0.15, -0.1) is 0 Å². The van der Waals surface area contributed by atoms with Crippen LogP contribution in [0.1, 0.15) is 24.8 Å². The average Bonchev–Trinajstić information content (AvgIpc) is 2.81. The Morgan fingerprint density at radius 3 is 2.75 bits per heavy atom. The molecule has 20 heavy (non-hydrogen) atoms. The molecule has 0 amide bonds. The number of anilines is 1. The molecular weight excluding hydrogens is 284 g/mol. The molecule has 0 aromatic heterocycles. The van der Waals surface area contributed by atoms with Crippen molar-refractivity contribution in [2.24, 2.45) is 5.92 Å². The van der Waals surface area contributed by atoms with Crippen LogP contribution < -0.4 is 5.32 Å². The van der Waals surface area contributed by atoms with E-state index in [1.54, 1.807) is 6.92 Å². The van der Waals surface area contributed by atoms with Crippen molar-refractivity contribution in [1.82, 2.24) is 0 Å². The summed E-state index contributed by atoms with van der Waals surface area (Å²) in [7, 11) is 0. The molecule has 1 aliphatic rings. The highest BCUT2D eigenvalue weighted by Gasteiger charge is 2.30. The van der Waals surface area contributed by atoms with Gasteiger partial charge in [0.1, 0.15) is 5.02 Å². The molecule has 2 N–H and O–H groups in total. The molecule has 0 bridgehead atoms. The normalized spacial score (nSPS) is 21.7. The molecule has 1 aromatic rings. The smallest absolute Gasteiger partial charge is 0.306 e. The number of carbonyl (C=O) groups is 1. The third kappa shape index (κ3) is 3.01. The SMILES string of the molecule is Cc1cc([N+](=O)[O-])c(Cl)cc1N[C@H]1CC[C@@H](C(=O)O)C1. The number of halogens is 1. The molecule has 0 aliphatic heterocycles. The lowest BCUT2D eigenvalue weighted by atomic mass is 10.1. The fourth-order valence-corrected chi connectivity index (χ4v) is 2.75. The Hall–Kier alpha value is -1.82. The van der Waals surface area contributed by atoms with Crippen molar-refractivity contribution in [3.05, 3.63) is 32.8 Å². The van der Waals surface area contributed by atoms with Gasteiger partial charge in [0.15, 0.2) is 0 Å². The summed E-state index contributed by atoms with van der Waals surface area (Å²) in [4.78, 5) is 21.2. The second-order valence-electron chi connectivity index (χ2n) is 5.07. The Morgan fingerprint density at radius 2 is 2.20 bits per heavy atom. The molecule has 1 fully saturated rings. The Labute approximate surface area is 120 Å². The van der Waals surface area contributed by atoms with Gasteiger partial charge in [-0.1, -0.05) is 11.6 Å². The molecular formula is C13H15ClN2O4. The van der Waals surface area contributed by atoms with Gasteiger partial charge in [0, 0.05) is 17.8 Å². The first-order valence-corrected chi connectivity index (χ1v) is 6.70. The minimum Gasteiger partial charge on any atom is -0.481 e. The van der Waals surface area contributed by atoms with E-state index in [4.69, 9.17) is 16.7 Å². The Morgan fingerprint density at radius 1 is 1.50 bits per heavy atom. The maximum atomic E-state index is 10.9. The summed E-state index contributed by atoms with van der Waals surface area (Å²) in [6.07, 6.45) is 1.97. The van der Waals surface area contributed by atoms with Crippen LogP contribution in [-0.4, -0.2) is 22.0 Å². The Bertz CT molecular complexity index is 562. The number of hydrogen-bond donors (Lipinski definition) is 2. The molecule has 0 saturated heterocycles. The number of nitrogens with one attached hydrogen (secondary N) is 1. The number of hydrogen-bond acceptors (Lipinski definition) is 4. The topological polar surface area (TPSA) is 92.5 Å². The van der Waals surface area contributed by atoms with E-state index in [-0.39, 0.29) is 22.7 Å². The zero-order valence-electron chi connectivity index (χ0n) is 10.9. The molecule has 2 rings (SSSR count). The number of aliphatic carboxylic acids is 1. The minimum atomic E-state index is -0.771. The fourth-order valence-electron chi connectivity index (χ4n) is 2.52. The zero-order chi connectivity index (χ0) is 14.9. The molecule has 0 heterocycles. The van der Waals surface area contributed by atoms with Crippen molar-refractivity contribution < 1.29 is 14.8 Å². The third-order valence-corrected chi connectivity index (χ3v) is 3.93. The number of nitro benzene ring substituents is 1. The lowest BCUT2D eigenvalue weighted by Gasteiger charge is -2.16. The van der Waals surface area contributed by atoms with E-state index < -0.39 is 10.9 Å². The minimum absolute atomic E-state index is 0.0623. The van der Waals surface area contributed by atoms with Gasteiger partial charge in [0.05, 0.1) is 10.8 Å². The highest BCUT2D eigenvalue weighted by atomic mass is 35.5. The summed E-state index contributed by atoms with van der Waals surface area (Å²) in [6, 6.07) is 3.02. The number of carboxylic acid groups (broad SMARTS) is 1. The molecule has 1 aliphatic carbocycles. The maximum Gasteiger partial charge on any atom is 0.306 e. The molecule has 6 nitrogen and oxygen atoms in total. The van der Waals surface area contributed by atoms with Crippen LogP contribution in [0, 0.1) is 23.0 Å². The van der Waals surface area contributed by atoms with Crippen molar-refractivity contribution in [2.45, 2.75) is 32.2 Å². The standard InChI is InChI=1S/C13H15ClN2O4/c1-7-4-12(16(19)20)10(14)6-11(7)15-9-3-2-8(5-9)13(17)18/h4,6,8-9,15H,2-3,5H2,1H3,(H,17,18)/t8-,9+/m1/s1. The maximum absolute atomic E-state index is 10.9. The van der Waals surface area contributed by atoms with Crippen LogP contribution in [0.2, 0.25) is 5.02 Å². The first kappa shape index (κ1) is 14.6. The largest absolute Gasteiger partial charge is 0.481 e. The van der Waals surface area contributed by atoms with Gasteiger partial charge < -0.3 is 10.4 Å². The molecule has 2 atom stereocenters. The molecule has 7 heteroatoms. The zero-order valence-corrected chi connectivity index (χ0v) is 11.7. The van der Waals surface area contributed by atoms with Crippen LogP contribution in [-0.2, 0) is 4.79 Å². The van der Waals surface area contributed by atoms with Crippen molar-refractivity contribution in [1.29, 1.82) is 0 Å². The number of nitrogens with zero attached hydrogens (tertiary/aromatic N) is 1. The lowest BCUT2D eigenvalue weighted by Crippen LogP contribution is -2.18. The molecule has 0 unspecified atom stereocenters. The number of benzene rings is 1. The van der Waals surface area contributed by atoms with E-state index >= 15 is 0 Å². The van der Waals surface area contributed by atoms with Crippen LogP contribution in [0.4, 0.5) is 11.4 Å². The quantitative estimate of drug-likeness (QED) is 0.657. The predicted octanol–water partition coefficient (Wildman–Crippen LogP) is 3.22. The average molecular weight is 299 g/mol. The van der Waals surface area contributed by atoms with Gasteiger partial charge in [0.25, 0.3) is 5.69 Å². The van der Waals surface area contributed by atoms with Crippen LogP contribution in [0.5, 0.6) is 0 Å². The summed E-state index contributed by atoms with van der Waals surface area (Å²) in [6.45, 7) is 1.76. The molecule has 0 radical (unpaired) electrons. The van der Waals surface area contributed by atoms with E-state index in [9.17, 15) is 14.9 Å². The second kappa shape index (κ2) is 5.66. The summed E-state index contributed by atoms with van der Waals surface area (Å²) in [5, 5.41) is 23.1. The van der Waals surface area contributed by atoms with E-state index in [2.05, 4.69) is 5.32 Å². The van der Waals surface area contributed by atoms with Crippen molar-refractivity contribution in [2.75, 3.05) is 5.32 Å². The van der Waals surface area contributed by atoms with E-state index in [0.29, 0.717) is 12.8 Å². The van der Waals surface area contributed by atoms with Crippen molar-refractivity contribution in [3.63, 3.8) is 0 Å². The van der Waals surface area contributed by atoms with E-state index in [1.807, 2.05) is 0 Å². The molecule has 1 aromatic carbocycles. The van der Waals surface area contributed by atoms with Crippen LogP contribution in [0.15, 0.2) is 12.1 Å². The lowest BCUT2D eigenvalue weighted by molar-refractivity contribution is -0.384. The monoisotopic (exact) mass is 298 g/mol. The molecule has 0 spiro atoms. The van der Waals surface area contributed by atoms with Crippen LogP contribution in [0.25, 0.3) is 0 Å². The van der Waals surface area contributed by atoms with Gasteiger partial charge in [-0.05, 0) is 37.8 Å². The Kier molecular flexibility index (Phi) is 4.13. The number of aryl methyl sites for hydroxylation is 1. The number of rotatable bonds is 4. The summed E-state index contributed by atoms with van der Waals surface area (Å²) < 4.78 is 0. The van der Waals surface area contributed by atoms with Crippen LogP contribution >= 0.6 is 11.6 Å². The summed E-state index contributed by atoms with van der Waals surface area (Å²) >= 11 is 5.89. The number of nitro groups is 1. The highest BCUT2D eigenvalue weighted by Crippen LogP contribution is 2.33. The Balaban J connectivity index is 2.13. The third-order valence-electron chi connectivity index (χ3n) is 3.63. The van der Waals surface area contributed by atoms with Gasteiger partial charge in [-0.25, -0.2) is 0 Å². The molecule has 1 saturated carbocycles. The second-order valence-corrected chi connectivity index (χ2v) is 5.47.